The van der Waals surface area contributed by atoms with Crippen LogP contribution in [0.2, 0.25) is 0 Å². The van der Waals surface area contributed by atoms with Gasteiger partial charge in [-0.25, -0.2) is 4.39 Å². The number of benzene rings is 1. The Morgan fingerprint density at radius 3 is 2.43 bits per heavy atom. The molecule has 23 heavy (non-hydrogen) atoms. The zero-order valence-electron chi connectivity index (χ0n) is 13.6. The predicted octanol–water partition coefficient (Wildman–Crippen LogP) is 3.81. The molecule has 1 aromatic carbocycles. The van der Waals surface area contributed by atoms with Crippen LogP contribution in [-0.4, -0.2) is 23.5 Å². The first-order valence-electron chi connectivity index (χ1n) is 7.80. The second kappa shape index (κ2) is 7.37. The lowest BCUT2D eigenvalue weighted by Gasteiger charge is -2.31. The van der Waals surface area contributed by atoms with Crippen LogP contribution in [0.15, 0.2) is 34.8 Å². The lowest BCUT2D eigenvalue weighted by molar-refractivity contribution is -0.113. The van der Waals surface area contributed by atoms with E-state index in [9.17, 15) is 9.18 Å². The Balaban J connectivity index is 2.63. The number of aliphatic imine (C=N–C) groups is 1. The van der Waals surface area contributed by atoms with E-state index in [0.717, 1.165) is 28.8 Å². The van der Waals surface area contributed by atoms with Crippen LogP contribution < -0.4 is 5.73 Å². The summed E-state index contributed by atoms with van der Waals surface area (Å²) >= 11 is 5.85. The van der Waals surface area contributed by atoms with Crippen LogP contribution in [0, 0.1) is 17.7 Å². The molecule has 2 unspecified atom stereocenters. The van der Waals surface area contributed by atoms with Crippen LogP contribution in [0.25, 0.3) is 5.57 Å². The fourth-order valence-electron chi connectivity index (χ4n) is 3.06. The van der Waals surface area contributed by atoms with Gasteiger partial charge >= 0.3 is 0 Å². The van der Waals surface area contributed by atoms with E-state index < -0.39 is 11.2 Å². The molecule has 5 heteroatoms. The fraction of sp³-hybridized carbons (Fsp3) is 0.444. The van der Waals surface area contributed by atoms with Crippen LogP contribution in [-0.2, 0) is 4.79 Å². The molecule has 1 aliphatic rings. The number of rotatable bonds is 5. The van der Waals surface area contributed by atoms with Crippen molar-refractivity contribution in [3.05, 3.63) is 41.2 Å². The largest absolute Gasteiger partial charge is 0.326 e. The summed E-state index contributed by atoms with van der Waals surface area (Å²) in [5.74, 6) is -0.464. The molecule has 0 radical (unpaired) electrons. The summed E-state index contributed by atoms with van der Waals surface area (Å²) in [7, 11) is 0. The summed E-state index contributed by atoms with van der Waals surface area (Å²) in [4.78, 5) is 16.7. The second-order valence-electron chi connectivity index (χ2n) is 6.30. The highest BCUT2D eigenvalue weighted by Crippen LogP contribution is 2.37. The smallest absolute Gasteiger partial charge is 0.231 e. The Bertz CT molecular complexity index is 649. The number of carbonyl (C=O) groups excluding carboxylic acids is 1. The maximum atomic E-state index is 13.3. The van der Waals surface area contributed by atoms with Crippen molar-refractivity contribution in [1.82, 2.24) is 0 Å². The number of dihydropyridines is 1. The van der Waals surface area contributed by atoms with Crippen molar-refractivity contribution < 1.29 is 9.18 Å². The minimum absolute atomic E-state index is 0.260. The van der Waals surface area contributed by atoms with Crippen molar-refractivity contribution >= 4 is 28.1 Å². The van der Waals surface area contributed by atoms with Crippen molar-refractivity contribution in [3.63, 3.8) is 0 Å². The van der Waals surface area contributed by atoms with E-state index in [2.05, 4.69) is 18.8 Å². The molecule has 0 bridgehead atoms. The summed E-state index contributed by atoms with van der Waals surface area (Å²) in [6, 6.07) is 5.83. The van der Waals surface area contributed by atoms with Gasteiger partial charge < -0.3 is 5.73 Å². The number of halogens is 2. The average Bonchev–Trinajstić information content (AvgIpc) is 2.46. The molecule has 2 atom stereocenters. The maximum absolute atomic E-state index is 13.3. The van der Waals surface area contributed by atoms with Crippen molar-refractivity contribution in [2.75, 3.05) is 6.54 Å². The molecular formula is C18H22ClFN2O. The van der Waals surface area contributed by atoms with Gasteiger partial charge in [-0.05, 0) is 59.7 Å². The van der Waals surface area contributed by atoms with Gasteiger partial charge in [0.15, 0.2) is 0 Å². The molecule has 0 aromatic heterocycles. The van der Waals surface area contributed by atoms with E-state index in [0.29, 0.717) is 5.92 Å². The van der Waals surface area contributed by atoms with Gasteiger partial charge in [0.25, 0.3) is 0 Å². The molecule has 0 amide bonds. The molecule has 0 aliphatic carbocycles. The molecule has 2 rings (SSSR count). The topological polar surface area (TPSA) is 55.5 Å². The highest BCUT2D eigenvalue weighted by atomic mass is 35.5. The van der Waals surface area contributed by atoms with Gasteiger partial charge in [-0.3, -0.25) is 9.79 Å². The summed E-state index contributed by atoms with van der Waals surface area (Å²) in [6.07, 6.45) is 0.783. The number of hydrogen-bond donors (Lipinski definition) is 1. The van der Waals surface area contributed by atoms with E-state index >= 15 is 0 Å². The van der Waals surface area contributed by atoms with E-state index in [4.69, 9.17) is 17.3 Å². The Labute approximate surface area is 141 Å². The first-order valence-corrected chi connectivity index (χ1v) is 8.18. The number of carbonyl (C=O) groups is 1. The predicted molar refractivity (Wildman–Crippen MR) is 93.1 cm³/mol. The molecule has 0 saturated carbocycles. The van der Waals surface area contributed by atoms with Crippen LogP contribution in [0.4, 0.5) is 4.39 Å². The molecule has 3 nitrogen and oxygen atoms in total. The lowest BCUT2D eigenvalue weighted by Crippen LogP contribution is -2.33. The zero-order valence-corrected chi connectivity index (χ0v) is 14.4. The normalized spacial score (nSPS) is 21.6. The summed E-state index contributed by atoms with van der Waals surface area (Å²) in [5, 5.41) is -0.463. The Morgan fingerprint density at radius 2 is 1.96 bits per heavy atom. The maximum Gasteiger partial charge on any atom is 0.231 e. The van der Waals surface area contributed by atoms with Crippen molar-refractivity contribution in [3.8, 4) is 0 Å². The van der Waals surface area contributed by atoms with Gasteiger partial charge in [0.1, 0.15) is 5.82 Å². The first-order chi connectivity index (χ1) is 10.8. The molecule has 0 fully saturated rings. The third-order valence-electron chi connectivity index (χ3n) is 4.03. The van der Waals surface area contributed by atoms with Gasteiger partial charge in [-0.2, -0.15) is 0 Å². The van der Waals surface area contributed by atoms with Crippen LogP contribution in [0.5, 0.6) is 0 Å². The molecule has 2 N–H and O–H groups in total. The summed E-state index contributed by atoms with van der Waals surface area (Å²) < 4.78 is 13.3. The summed E-state index contributed by atoms with van der Waals surface area (Å²) in [6.45, 7) is 6.36. The zero-order chi connectivity index (χ0) is 17.1. The number of nitrogens with zero attached hydrogens (tertiary/aromatic N) is 1. The van der Waals surface area contributed by atoms with Gasteiger partial charge in [0.2, 0.25) is 5.24 Å². The molecule has 1 aromatic rings. The highest BCUT2D eigenvalue weighted by molar-refractivity contribution is 6.65. The fourth-order valence-corrected chi connectivity index (χ4v) is 3.35. The van der Waals surface area contributed by atoms with Gasteiger partial charge in [0.05, 0.1) is 12.0 Å². The van der Waals surface area contributed by atoms with Gasteiger partial charge in [-0.15, -0.1) is 0 Å². The average molecular weight is 337 g/mol. The molecule has 124 valence electrons. The Kier molecular flexibility index (Phi) is 5.71. The molecular weight excluding hydrogens is 315 g/mol. The van der Waals surface area contributed by atoms with Gasteiger partial charge in [-0.1, -0.05) is 26.0 Å². The highest BCUT2D eigenvalue weighted by Gasteiger charge is 2.35. The molecule has 1 aliphatic heterocycles. The number of hydrogen-bond acceptors (Lipinski definition) is 3. The number of nitrogens with two attached hydrogens (primary N) is 1. The summed E-state index contributed by atoms with van der Waals surface area (Å²) in [5.41, 5.74) is 9.29. The van der Waals surface area contributed by atoms with E-state index in [-0.39, 0.29) is 18.4 Å². The molecule has 0 spiro atoms. The van der Waals surface area contributed by atoms with E-state index in [1.807, 2.05) is 6.92 Å². The third-order valence-corrected chi connectivity index (χ3v) is 4.27. The van der Waals surface area contributed by atoms with Crippen LogP contribution in [0.3, 0.4) is 0 Å². The first kappa shape index (κ1) is 17.8. The Hall–Kier alpha value is -1.52. The Morgan fingerprint density at radius 1 is 1.35 bits per heavy atom. The van der Waals surface area contributed by atoms with Crippen LogP contribution >= 0.6 is 11.6 Å². The second-order valence-corrected chi connectivity index (χ2v) is 6.67. The minimum Gasteiger partial charge on any atom is -0.326 e. The van der Waals surface area contributed by atoms with Crippen molar-refractivity contribution in [2.45, 2.75) is 33.2 Å². The molecule has 1 heterocycles. The van der Waals surface area contributed by atoms with Crippen molar-refractivity contribution in [2.24, 2.45) is 22.6 Å². The van der Waals surface area contributed by atoms with E-state index in [1.165, 1.54) is 12.1 Å². The third kappa shape index (κ3) is 3.88. The minimum atomic E-state index is -0.559. The quantitative estimate of drug-likeness (QED) is 0.831. The van der Waals surface area contributed by atoms with Gasteiger partial charge in [0, 0.05) is 12.3 Å². The standard InChI is InChI=1S/C18H22ClFN2O/c1-10(2)8-15-14(9-21)17(12-4-6-13(20)7-5-12)16(18(19)23)11(3)22-15/h4-7,10-11,16H,8-9,21H2,1-3H3. The van der Waals surface area contributed by atoms with Crippen molar-refractivity contribution in [1.29, 1.82) is 0 Å². The SMILES string of the molecule is CC(C)CC1=NC(C)C(C(=O)Cl)C(c2ccc(F)cc2)=C1CN. The van der Waals surface area contributed by atoms with Crippen LogP contribution in [0.1, 0.15) is 32.8 Å². The molecule has 0 saturated heterocycles. The lowest BCUT2D eigenvalue weighted by atomic mass is 9.79. The monoisotopic (exact) mass is 336 g/mol. The van der Waals surface area contributed by atoms with E-state index in [1.54, 1.807) is 12.1 Å².